The monoisotopic (exact) mass is 256 g/mol. The van der Waals surface area contributed by atoms with Gasteiger partial charge < -0.3 is 24.6 Å². The highest BCUT2D eigenvalue weighted by atomic mass is 31.2. The topological polar surface area (TPSA) is 144 Å². The lowest BCUT2D eigenvalue weighted by molar-refractivity contribution is 0.337. The molecule has 0 bridgehead atoms. The van der Waals surface area contributed by atoms with Crippen LogP contribution in [-0.4, -0.2) is 34.9 Å². The number of hydrogen-bond donors (Lipinski definition) is 5. The summed E-state index contributed by atoms with van der Waals surface area (Å²) < 4.78 is 21.7. The van der Waals surface area contributed by atoms with Gasteiger partial charge in [-0.2, -0.15) is 0 Å². The van der Waals surface area contributed by atoms with Crippen LogP contribution in [0.5, 0.6) is 0 Å². The van der Waals surface area contributed by atoms with Crippen LogP contribution in [0.3, 0.4) is 0 Å². The van der Waals surface area contributed by atoms with E-state index in [1.165, 1.54) is 12.5 Å². The van der Waals surface area contributed by atoms with Crippen molar-refractivity contribution < 1.29 is 28.7 Å². The number of imidazole rings is 1. The number of nitrogens with one attached hydrogen (secondary N) is 1. The maximum atomic E-state index is 10.9. The van der Waals surface area contributed by atoms with E-state index in [0.717, 1.165) is 0 Å². The highest BCUT2D eigenvalue weighted by Gasteiger charge is 2.43. The Morgan fingerprint density at radius 2 is 1.80 bits per heavy atom. The third-order valence-corrected chi connectivity index (χ3v) is 5.45. The molecule has 0 aliphatic carbocycles. The van der Waals surface area contributed by atoms with E-state index < -0.39 is 27.0 Å². The summed E-state index contributed by atoms with van der Waals surface area (Å²) in [6, 6.07) is 0. The van der Waals surface area contributed by atoms with E-state index in [1.807, 2.05) is 0 Å². The summed E-state index contributed by atoms with van der Waals surface area (Å²) in [5.41, 5.74) is 0.187. The number of aromatic nitrogens is 2. The third kappa shape index (κ3) is 3.53. The molecule has 0 aliphatic rings. The average Bonchev–Trinajstić information content (AvgIpc) is 2.46. The Bertz CT molecular complexity index is 383. The van der Waals surface area contributed by atoms with Crippen molar-refractivity contribution in [3.05, 3.63) is 18.2 Å². The molecule has 0 saturated heterocycles. The number of rotatable bonds is 4. The molecule has 0 aromatic carbocycles. The molecule has 5 N–H and O–H groups in total. The minimum Gasteiger partial charge on any atom is -0.351 e. The van der Waals surface area contributed by atoms with Gasteiger partial charge in [-0.3, -0.25) is 9.13 Å². The van der Waals surface area contributed by atoms with Gasteiger partial charge in [0.1, 0.15) is 0 Å². The van der Waals surface area contributed by atoms with Crippen molar-refractivity contribution in [3.63, 3.8) is 0 Å². The Hall–Kier alpha value is -0.490. The van der Waals surface area contributed by atoms with Crippen molar-refractivity contribution in [2.24, 2.45) is 0 Å². The van der Waals surface area contributed by atoms with Crippen molar-refractivity contribution >= 4 is 15.2 Å². The Morgan fingerprint density at radius 1 is 1.27 bits per heavy atom. The molecule has 0 fully saturated rings. The highest BCUT2D eigenvalue weighted by molar-refractivity contribution is 7.70. The van der Waals surface area contributed by atoms with Gasteiger partial charge >= 0.3 is 15.2 Å². The van der Waals surface area contributed by atoms with Crippen molar-refractivity contribution in [2.45, 2.75) is 11.8 Å². The molecule has 0 spiro atoms. The van der Waals surface area contributed by atoms with Gasteiger partial charge in [0.25, 0.3) is 0 Å². The van der Waals surface area contributed by atoms with Gasteiger partial charge in [-0.25, -0.2) is 4.98 Å². The molecule has 0 unspecified atom stereocenters. The summed E-state index contributed by atoms with van der Waals surface area (Å²) in [6.45, 7) is 0. The predicted molar refractivity (Wildman–Crippen MR) is 50.2 cm³/mol. The van der Waals surface area contributed by atoms with Crippen LogP contribution >= 0.6 is 15.2 Å². The van der Waals surface area contributed by atoms with Crippen LogP contribution in [0.2, 0.25) is 0 Å². The maximum Gasteiger partial charge on any atom is 0.341 e. The normalized spacial score (nSPS) is 13.4. The van der Waals surface area contributed by atoms with Crippen LogP contribution in [0.25, 0.3) is 0 Å². The van der Waals surface area contributed by atoms with Crippen LogP contribution < -0.4 is 0 Å². The quantitative estimate of drug-likeness (QED) is 0.462. The van der Waals surface area contributed by atoms with Crippen LogP contribution in [-0.2, 0) is 15.6 Å². The van der Waals surface area contributed by atoms with Crippen LogP contribution in [0.15, 0.2) is 12.5 Å². The molecule has 0 saturated carbocycles. The SMILES string of the molecule is O=P(O)(O)C(Cc1c[nH]cn1)P(=O)(O)O. The fraction of sp³-hybridized carbons (Fsp3) is 0.400. The largest absolute Gasteiger partial charge is 0.351 e. The van der Waals surface area contributed by atoms with Crippen molar-refractivity contribution in [1.82, 2.24) is 9.97 Å². The second-order valence-corrected chi connectivity index (χ2v) is 6.93. The lowest BCUT2D eigenvalue weighted by Crippen LogP contribution is -2.12. The summed E-state index contributed by atoms with van der Waals surface area (Å²) >= 11 is 0. The first-order valence-corrected chi connectivity index (χ1v) is 7.15. The summed E-state index contributed by atoms with van der Waals surface area (Å²) in [5.74, 6) is 0. The van der Waals surface area contributed by atoms with E-state index >= 15 is 0 Å². The highest BCUT2D eigenvalue weighted by Crippen LogP contribution is 2.60. The van der Waals surface area contributed by atoms with E-state index in [1.54, 1.807) is 0 Å². The smallest absolute Gasteiger partial charge is 0.341 e. The van der Waals surface area contributed by atoms with Crippen molar-refractivity contribution in [2.75, 3.05) is 0 Å². The Balaban J connectivity index is 2.95. The average molecular weight is 256 g/mol. The number of hydrogen-bond acceptors (Lipinski definition) is 3. The van der Waals surface area contributed by atoms with Gasteiger partial charge in [0.2, 0.25) is 0 Å². The lowest BCUT2D eigenvalue weighted by atomic mass is 10.4. The molecular formula is C5H10N2O6P2. The summed E-state index contributed by atoms with van der Waals surface area (Å²) in [5, 5.41) is -2.03. The van der Waals surface area contributed by atoms with E-state index in [9.17, 15) is 9.13 Å². The molecular weight excluding hydrogens is 246 g/mol. The number of nitrogens with zero attached hydrogens (tertiary/aromatic N) is 1. The standard InChI is InChI=1S/C5H10N2O6P2/c8-14(9,10)5(15(11,12)13)1-4-2-6-3-7-4/h2-3,5H,1H2,(H,6,7)(H2,8,9,10)(H2,11,12,13). The molecule has 15 heavy (non-hydrogen) atoms. The van der Waals surface area contributed by atoms with Crippen molar-refractivity contribution in [3.8, 4) is 0 Å². The molecule has 0 amide bonds. The molecule has 10 heteroatoms. The number of aromatic amines is 1. The first-order valence-electron chi connectivity index (χ1n) is 3.79. The fourth-order valence-corrected chi connectivity index (χ4v) is 3.44. The fourth-order valence-electron chi connectivity index (χ4n) is 1.02. The van der Waals surface area contributed by atoms with Gasteiger partial charge in [0.05, 0.1) is 12.0 Å². The first kappa shape index (κ1) is 12.6. The first-order chi connectivity index (χ1) is 6.71. The Labute approximate surface area is 84.7 Å². The maximum absolute atomic E-state index is 10.9. The summed E-state index contributed by atoms with van der Waals surface area (Å²) in [7, 11) is -9.71. The zero-order chi connectivity index (χ0) is 11.7. The molecule has 1 heterocycles. The zero-order valence-corrected chi connectivity index (χ0v) is 9.18. The van der Waals surface area contributed by atoms with E-state index in [4.69, 9.17) is 19.6 Å². The summed E-state index contributed by atoms with van der Waals surface area (Å²) in [4.78, 5) is 41.3. The molecule has 1 rings (SSSR count). The molecule has 0 aliphatic heterocycles. The number of H-pyrrole nitrogens is 1. The van der Waals surface area contributed by atoms with Crippen LogP contribution in [0, 0.1) is 0 Å². The predicted octanol–water partition coefficient (Wildman–Crippen LogP) is -0.366. The van der Waals surface area contributed by atoms with Crippen LogP contribution in [0.4, 0.5) is 0 Å². The summed E-state index contributed by atoms with van der Waals surface area (Å²) in [6.07, 6.45) is 2.10. The van der Waals surface area contributed by atoms with Crippen molar-refractivity contribution in [1.29, 1.82) is 0 Å². The van der Waals surface area contributed by atoms with Crippen LogP contribution in [0.1, 0.15) is 5.69 Å². The van der Waals surface area contributed by atoms with E-state index in [2.05, 4.69) is 9.97 Å². The second-order valence-electron chi connectivity index (χ2n) is 2.92. The Morgan fingerprint density at radius 3 is 2.13 bits per heavy atom. The lowest BCUT2D eigenvalue weighted by Gasteiger charge is -2.18. The zero-order valence-electron chi connectivity index (χ0n) is 7.39. The molecule has 8 nitrogen and oxygen atoms in total. The van der Waals surface area contributed by atoms with Gasteiger partial charge in [0, 0.05) is 12.6 Å². The molecule has 0 radical (unpaired) electrons. The second kappa shape index (κ2) is 4.17. The van der Waals surface area contributed by atoms with E-state index in [0.29, 0.717) is 0 Å². The van der Waals surface area contributed by atoms with Gasteiger partial charge in [-0.15, -0.1) is 0 Å². The van der Waals surface area contributed by atoms with Gasteiger partial charge in [-0.05, 0) is 0 Å². The minimum atomic E-state index is -4.86. The minimum absolute atomic E-state index is 0.187. The van der Waals surface area contributed by atoms with E-state index in [-0.39, 0.29) is 5.69 Å². The third-order valence-electron chi connectivity index (χ3n) is 1.72. The Kier molecular flexibility index (Phi) is 3.50. The van der Waals surface area contributed by atoms with Gasteiger partial charge in [-0.1, -0.05) is 0 Å². The molecule has 86 valence electrons. The molecule has 0 atom stereocenters. The van der Waals surface area contributed by atoms with Gasteiger partial charge in [0.15, 0.2) is 5.40 Å². The molecule has 1 aromatic rings. The molecule has 1 aromatic heterocycles.